The van der Waals surface area contributed by atoms with Gasteiger partial charge >= 0.3 is 0 Å². The summed E-state index contributed by atoms with van der Waals surface area (Å²) in [7, 11) is 0. The number of rotatable bonds is 5. The fraction of sp³-hybridized carbons (Fsp3) is 1.00. The molecule has 0 aromatic carbocycles. The van der Waals surface area contributed by atoms with Crippen LogP contribution in [0, 0.1) is 5.92 Å². The topological polar surface area (TPSA) is 32.3 Å². The number of hydrogen-bond donors (Lipinski definition) is 2. The van der Waals surface area contributed by atoms with Crippen LogP contribution in [0.1, 0.15) is 46.0 Å². The summed E-state index contributed by atoms with van der Waals surface area (Å²) in [4.78, 5) is 0. The highest BCUT2D eigenvalue weighted by molar-refractivity contribution is 4.92. The van der Waals surface area contributed by atoms with E-state index in [-0.39, 0.29) is 0 Å². The number of hydrogen-bond acceptors (Lipinski definition) is 2. The zero-order chi connectivity index (χ0) is 9.73. The van der Waals surface area contributed by atoms with Gasteiger partial charge in [0.25, 0.3) is 0 Å². The van der Waals surface area contributed by atoms with Gasteiger partial charge in [-0.2, -0.15) is 0 Å². The summed E-state index contributed by atoms with van der Waals surface area (Å²) in [5, 5.41) is 12.4. The average Bonchev–Trinajstić information content (AvgIpc) is 2.45. The van der Waals surface area contributed by atoms with Gasteiger partial charge in [0, 0.05) is 12.1 Å². The molecular formula is C11H23NO. The van der Waals surface area contributed by atoms with Crippen molar-refractivity contribution in [3.05, 3.63) is 0 Å². The van der Waals surface area contributed by atoms with Crippen molar-refractivity contribution < 1.29 is 5.11 Å². The van der Waals surface area contributed by atoms with Crippen molar-refractivity contribution in [3.63, 3.8) is 0 Å². The van der Waals surface area contributed by atoms with Crippen LogP contribution >= 0.6 is 0 Å². The third kappa shape index (κ3) is 3.28. The molecule has 78 valence electrons. The van der Waals surface area contributed by atoms with Crippen LogP contribution in [-0.2, 0) is 0 Å². The summed E-state index contributed by atoms with van der Waals surface area (Å²) in [6.45, 7) is 6.07. The predicted octanol–water partition coefficient (Wildman–Crippen LogP) is 1.93. The van der Waals surface area contributed by atoms with E-state index in [9.17, 15) is 0 Å². The maximum atomic E-state index is 8.74. The molecule has 2 atom stereocenters. The SMILES string of the molecule is CCCC1(C)CC(CCCO)CN1. The molecule has 0 aromatic heterocycles. The fourth-order valence-electron chi connectivity index (χ4n) is 2.50. The maximum absolute atomic E-state index is 8.74. The Kier molecular flexibility index (Phi) is 4.20. The molecule has 0 saturated carbocycles. The molecule has 0 amide bonds. The molecule has 13 heavy (non-hydrogen) atoms. The normalized spacial score (nSPS) is 33.9. The van der Waals surface area contributed by atoms with E-state index in [1.54, 1.807) is 0 Å². The minimum Gasteiger partial charge on any atom is -0.396 e. The Hall–Kier alpha value is -0.0800. The predicted molar refractivity (Wildman–Crippen MR) is 55.7 cm³/mol. The van der Waals surface area contributed by atoms with Crippen LogP contribution in [-0.4, -0.2) is 23.8 Å². The lowest BCUT2D eigenvalue weighted by Crippen LogP contribution is -2.35. The van der Waals surface area contributed by atoms with Gasteiger partial charge < -0.3 is 10.4 Å². The third-order valence-electron chi connectivity index (χ3n) is 3.13. The third-order valence-corrected chi connectivity index (χ3v) is 3.13. The fourth-order valence-corrected chi connectivity index (χ4v) is 2.50. The Morgan fingerprint density at radius 1 is 1.54 bits per heavy atom. The molecule has 0 spiro atoms. The molecule has 0 aromatic rings. The van der Waals surface area contributed by atoms with Gasteiger partial charge in [-0.1, -0.05) is 13.3 Å². The number of aliphatic hydroxyl groups excluding tert-OH is 1. The van der Waals surface area contributed by atoms with E-state index in [0.29, 0.717) is 12.1 Å². The highest BCUT2D eigenvalue weighted by Crippen LogP contribution is 2.30. The Balaban J connectivity index is 2.26. The van der Waals surface area contributed by atoms with Crippen LogP contribution in [0.2, 0.25) is 0 Å². The zero-order valence-electron chi connectivity index (χ0n) is 8.97. The van der Waals surface area contributed by atoms with Crippen molar-refractivity contribution in [1.29, 1.82) is 0 Å². The minimum absolute atomic E-state index is 0.348. The highest BCUT2D eigenvalue weighted by Gasteiger charge is 2.32. The van der Waals surface area contributed by atoms with E-state index in [1.807, 2.05) is 0 Å². The van der Waals surface area contributed by atoms with E-state index in [2.05, 4.69) is 19.2 Å². The van der Waals surface area contributed by atoms with E-state index in [1.165, 1.54) is 25.7 Å². The molecule has 1 aliphatic rings. The first-order valence-electron chi connectivity index (χ1n) is 5.56. The second kappa shape index (κ2) is 4.97. The Labute approximate surface area is 81.7 Å². The summed E-state index contributed by atoms with van der Waals surface area (Å²) in [5.41, 5.74) is 0.384. The molecule has 0 bridgehead atoms. The van der Waals surface area contributed by atoms with Crippen molar-refractivity contribution in [2.75, 3.05) is 13.2 Å². The Morgan fingerprint density at radius 2 is 2.31 bits per heavy atom. The van der Waals surface area contributed by atoms with Crippen LogP contribution in [0.15, 0.2) is 0 Å². The molecule has 2 unspecified atom stereocenters. The summed E-state index contributed by atoms with van der Waals surface area (Å²) in [6, 6.07) is 0. The van der Waals surface area contributed by atoms with Gasteiger partial charge in [-0.05, 0) is 45.1 Å². The van der Waals surface area contributed by atoms with E-state index >= 15 is 0 Å². The van der Waals surface area contributed by atoms with Gasteiger partial charge in [-0.25, -0.2) is 0 Å². The second-order valence-electron chi connectivity index (χ2n) is 4.63. The van der Waals surface area contributed by atoms with Crippen molar-refractivity contribution in [2.45, 2.75) is 51.5 Å². The monoisotopic (exact) mass is 185 g/mol. The molecule has 0 aliphatic carbocycles. The molecule has 2 heteroatoms. The summed E-state index contributed by atoms with van der Waals surface area (Å²) in [5.74, 6) is 0.795. The molecule has 1 aliphatic heterocycles. The van der Waals surface area contributed by atoms with Crippen molar-refractivity contribution in [3.8, 4) is 0 Å². The first-order chi connectivity index (χ1) is 6.20. The molecule has 1 fully saturated rings. The van der Waals surface area contributed by atoms with Crippen molar-refractivity contribution in [2.24, 2.45) is 5.92 Å². The van der Waals surface area contributed by atoms with Gasteiger partial charge in [0.2, 0.25) is 0 Å². The lowest BCUT2D eigenvalue weighted by atomic mass is 9.89. The van der Waals surface area contributed by atoms with Crippen molar-refractivity contribution in [1.82, 2.24) is 5.32 Å². The molecule has 2 nitrogen and oxygen atoms in total. The summed E-state index contributed by atoms with van der Waals surface area (Å²) < 4.78 is 0. The molecule has 2 N–H and O–H groups in total. The first-order valence-corrected chi connectivity index (χ1v) is 5.56. The molecule has 1 saturated heterocycles. The van der Waals surface area contributed by atoms with E-state index in [0.717, 1.165) is 18.9 Å². The second-order valence-corrected chi connectivity index (χ2v) is 4.63. The Morgan fingerprint density at radius 3 is 2.92 bits per heavy atom. The average molecular weight is 185 g/mol. The molecular weight excluding hydrogens is 162 g/mol. The molecule has 1 rings (SSSR count). The quantitative estimate of drug-likeness (QED) is 0.686. The van der Waals surface area contributed by atoms with E-state index in [4.69, 9.17) is 5.11 Å². The van der Waals surface area contributed by atoms with Gasteiger partial charge in [0.05, 0.1) is 0 Å². The van der Waals surface area contributed by atoms with Gasteiger partial charge in [0.15, 0.2) is 0 Å². The smallest absolute Gasteiger partial charge is 0.0431 e. The standard InChI is InChI=1S/C11H23NO/c1-3-6-11(2)8-10(9-12-11)5-4-7-13/h10,12-13H,3-9H2,1-2H3. The highest BCUT2D eigenvalue weighted by atomic mass is 16.2. The molecule has 0 radical (unpaired) electrons. The van der Waals surface area contributed by atoms with Crippen LogP contribution in [0.25, 0.3) is 0 Å². The van der Waals surface area contributed by atoms with Crippen LogP contribution in [0.3, 0.4) is 0 Å². The van der Waals surface area contributed by atoms with Gasteiger partial charge in [-0.15, -0.1) is 0 Å². The lowest BCUT2D eigenvalue weighted by Gasteiger charge is -2.23. The lowest BCUT2D eigenvalue weighted by molar-refractivity contribution is 0.270. The minimum atomic E-state index is 0.348. The largest absolute Gasteiger partial charge is 0.396 e. The number of nitrogens with one attached hydrogen (secondary N) is 1. The van der Waals surface area contributed by atoms with Crippen molar-refractivity contribution >= 4 is 0 Å². The summed E-state index contributed by atoms with van der Waals surface area (Å²) in [6.07, 6.45) is 5.98. The van der Waals surface area contributed by atoms with Crippen LogP contribution in [0.4, 0.5) is 0 Å². The maximum Gasteiger partial charge on any atom is 0.0431 e. The molecule has 1 heterocycles. The van der Waals surface area contributed by atoms with Gasteiger partial charge in [0.1, 0.15) is 0 Å². The van der Waals surface area contributed by atoms with Crippen LogP contribution in [0.5, 0.6) is 0 Å². The van der Waals surface area contributed by atoms with E-state index < -0.39 is 0 Å². The van der Waals surface area contributed by atoms with Gasteiger partial charge in [-0.3, -0.25) is 0 Å². The number of aliphatic hydroxyl groups is 1. The Bertz CT molecular complexity index is 149. The zero-order valence-corrected chi connectivity index (χ0v) is 8.97. The van der Waals surface area contributed by atoms with Crippen LogP contribution < -0.4 is 5.32 Å². The first kappa shape index (κ1) is 11.0. The summed E-state index contributed by atoms with van der Waals surface area (Å²) >= 11 is 0.